The fraction of sp³-hybridized carbons (Fsp3) is 0.400. The molecular weight excluding hydrogens is 448 g/mol. The first kappa shape index (κ1) is 24.2. The Hall–Kier alpha value is -3.95. The molecule has 0 aliphatic heterocycles. The van der Waals surface area contributed by atoms with Gasteiger partial charge < -0.3 is 20.5 Å². The van der Waals surface area contributed by atoms with Crippen LogP contribution in [0.25, 0.3) is 11.4 Å². The lowest BCUT2D eigenvalue weighted by Gasteiger charge is -2.30. The Labute approximate surface area is 203 Å². The van der Waals surface area contributed by atoms with Gasteiger partial charge in [0.05, 0.1) is 12.2 Å². The molecule has 2 heterocycles. The van der Waals surface area contributed by atoms with E-state index in [0.717, 1.165) is 11.3 Å². The molecule has 0 atom stereocenters. The predicted octanol–water partition coefficient (Wildman–Crippen LogP) is 4.14. The van der Waals surface area contributed by atoms with Crippen LogP contribution in [0, 0.1) is 0 Å². The van der Waals surface area contributed by atoms with Crippen LogP contribution in [0.15, 0.2) is 36.5 Å². The largest absolute Gasteiger partial charge is 0.477 e. The number of para-hydroxylation sites is 1. The van der Waals surface area contributed by atoms with Crippen molar-refractivity contribution in [3.05, 3.63) is 53.3 Å². The molecule has 0 radical (unpaired) electrons. The van der Waals surface area contributed by atoms with E-state index >= 15 is 0 Å². The Balaban J connectivity index is 1.67. The van der Waals surface area contributed by atoms with Crippen molar-refractivity contribution < 1.29 is 19.4 Å². The number of nitrogens with one attached hydrogen (secondary N) is 2. The fourth-order valence-corrected chi connectivity index (χ4v) is 4.24. The Bertz CT molecular complexity index is 1260. The zero-order valence-corrected chi connectivity index (χ0v) is 20.5. The van der Waals surface area contributed by atoms with Crippen LogP contribution in [0.4, 0.5) is 16.4 Å². The second-order valence-corrected chi connectivity index (χ2v) is 10.1. The number of aromatic carboxylic acids is 1. The van der Waals surface area contributed by atoms with Crippen molar-refractivity contribution in [3.8, 4) is 11.4 Å². The molecule has 3 aromatic rings. The number of amides is 1. The maximum absolute atomic E-state index is 12.3. The average molecular weight is 479 g/mol. The van der Waals surface area contributed by atoms with E-state index in [2.05, 4.69) is 20.7 Å². The summed E-state index contributed by atoms with van der Waals surface area (Å²) < 4.78 is 6.68. The summed E-state index contributed by atoms with van der Waals surface area (Å²) >= 11 is 0. The van der Waals surface area contributed by atoms with Crippen molar-refractivity contribution >= 4 is 23.7 Å². The van der Waals surface area contributed by atoms with E-state index < -0.39 is 23.1 Å². The van der Waals surface area contributed by atoms with Gasteiger partial charge in [0.1, 0.15) is 11.3 Å². The highest BCUT2D eigenvalue weighted by Gasteiger charge is 2.40. The molecule has 3 N–H and O–H groups in total. The monoisotopic (exact) mass is 478 g/mol. The number of ether oxygens (including phenoxy) is 1. The van der Waals surface area contributed by atoms with Gasteiger partial charge >= 0.3 is 12.1 Å². The topological polar surface area (TPSA) is 131 Å². The molecular formula is C25H30N6O4. The highest BCUT2D eigenvalue weighted by Crippen LogP contribution is 2.43. The third-order valence-corrected chi connectivity index (χ3v) is 5.57. The number of carboxylic acids is 1. The molecule has 10 nitrogen and oxygen atoms in total. The first-order chi connectivity index (χ1) is 16.4. The van der Waals surface area contributed by atoms with Crippen LogP contribution in [0.2, 0.25) is 0 Å². The van der Waals surface area contributed by atoms with Crippen molar-refractivity contribution in [1.29, 1.82) is 0 Å². The Morgan fingerprint density at radius 1 is 1.17 bits per heavy atom. The molecule has 1 aliphatic rings. The zero-order valence-electron chi connectivity index (χ0n) is 20.5. The van der Waals surface area contributed by atoms with Gasteiger partial charge in [0, 0.05) is 24.0 Å². The third kappa shape index (κ3) is 5.26. The maximum Gasteiger partial charge on any atom is 0.407 e. The van der Waals surface area contributed by atoms with Crippen LogP contribution < -0.4 is 10.6 Å². The highest BCUT2D eigenvalue weighted by molar-refractivity contribution is 5.91. The number of carboxylic acid groups (broad SMARTS) is 1. The lowest BCUT2D eigenvalue weighted by atomic mass is 9.73. The number of aromatic nitrogens is 4. The lowest BCUT2D eigenvalue weighted by molar-refractivity contribution is 0.0525. The summed E-state index contributed by atoms with van der Waals surface area (Å²) in [5, 5.41) is 20.6. The van der Waals surface area contributed by atoms with Crippen LogP contribution in [-0.2, 0) is 23.1 Å². The van der Waals surface area contributed by atoms with Gasteiger partial charge in [-0.3, -0.25) is 4.68 Å². The number of carbonyl (C=O) groups is 2. The van der Waals surface area contributed by atoms with Crippen LogP contribution >= 0.6 is 0 Å². The predicted molar refractivity (Wildman–Crippen MR) is 131 cm³/mol. The van der Waals surface area contributed by atoms with E-state index in [4.69, 9.17) is 9.72 Å². The van der Waals surface area contributed by atoms with Crippen molar-refractivity contribution in [3.63, 3.8) is 0 Å². The van der Waals surface area contributed by atoms with E-state index in [0.29, 0.717) is 29.3 Å². The zero-order chi connectivity index (χ0) is 25.4. The quantitative estimate of drug-likeness (QED) is 0.482. The number of fused-ring (bicyclic) bond motifs is 3. The molecule has 1 amide bonds. The average Bonchev–Trinajstić information content (AvgIpc) is 3.15. The fourth-order valence-electron chi connectivity index (χ4n) is 4.24. The van der Waals surface area contributed by atoms with E-state index in [9.17, 15) is 14.7 Å². The van der Waals surface area contributed by atoms with Gasteiger partial charge in [-0.15, -0.1) is 0 Å². The molecule has 1 aliphatic carbocycles. The standard InChI is InChI=1S/C25H30N6O4/c1-24(2,3)35-23(34)26-11-12-31-20(21(32)33)17-19(30-31)18-15(13-25(17,4)5)14-27-22(29-18)28-16-9-7-6-8-10-16/h6-10,14H,11-13H2,1-5H3,(H,26,34)(H,32,33)(H,27,28,29). The van der Waals surface area contributed by atoms with E-state index in [1.807, 2.05) is 44.2 Å². The van der Waals surface area contributed by atoms with Crippen LogP contribution in [-0.4, -0.2) is 49.1 Å². The molecule has 10 heteroatoms. The number of rotatable bonds is 6. The van der Waals surface area contributed by atoms with Crippen LogP contribution in [0.1, 0.15) is 56.2 Å². The molecule has 1 aromatic carbocycles. The minimum Gasteiger partial charge on any atom is -0.477 e. The SMILES string of the molecule is CC(C)(C)OC(=O)NCCn1nc2c(c1C(=O)O)C(C)(C)Cc1cnc(Nc3ccccc3)nc1-2. The number of hydrogen-bond donors (Lipinski definition) is 3. The highest BCUT2D eigenvalue weighted by atomic mass is 16.6. The molecule has 0 spiro atoms. The van der Waals surface area contributed by atoms with Gasteiger partial charge in [0.2, 0.25) is 5.95 Å². The first-order valence-electron chi connectivity index (χ1n) is 11.4. The van der Waals surface area contributed by atoms with Gasteiger partial charge in [-0.2, -0.15) is 5.10 Å². The lowest BCUT2D eigenvalue weighted by Crippen LogP contribution is -2.34. The number of alkyl carbamates (subject to hydrolysis) is 1. The molecule has 184 valence electrons. The summed E-state index contributed by atoms with van der Waals surface area (Å²) in [6.07, 6.45) is 1.77. The van der Waals surface area contributed by atoms with Gasteiger partial charge in [0.25, 0.3) is 0 Å². The molecule has 0 bridgehead atoms. The molecule has 2 aromatic heterocycles. The van der Waals surface area contributed by atoms with Crippen molar-refractivity contribution in [2.75, 3.05) is 11.9 Å². The Morgan fingerprint density at radius 3 is 2.54 bits per heavy atom. The van der Waals surface area contributed by atoms with Crippen molar-refractivity contribution in [1.82, 2.24) is 25.1 Å². The maximum atomic E-state index is 12.3. The second-order valence-electron chi connectivity index (χ2n) is 10.1. The summed E-state index contributed by atoms with van der Waals surface area (Å²) in [6.45, 7) is 9.63. The minimum atomic E-state index is -1.08. The first-order valence-corrected chi connectivity index (χ1v) is 11.4. The van der Waals surface area contributed by atoms with Gasteiger partial charge in [-0.25, -0.2) is 19.6 Å². The molecule has 0 saturated heterocycles. The van der Waals surface area contributed by atoms with Gasteiger partial charge in [-0.1, -0.05) is 32.0 Å². The number of hydrogen-bond acceptors (Lipinski definition) is 7. The van der Waals surface area contributed by atoms with Crippen LogP contribution in [0.5, 0.6) is 0 Å². The third-order valence-electron chi connectivity index (χ3n) is 5.57. The minimum absolute atomic E-state index is 0.0952. The molecule has 0 saturated carbocycles. The summed E-state index contributed by atoms with van der Waals surface area (Å²) in [5.41, 5.74) is 2.46. The molecule has 4 rings (SSSR count). The number of carbonyl (C=O) groups excluding carboxylic acids is 1. The smallest absolute Gasteiger partial charge is 0.407 e. The van der Waals surface area contributed by atoms with Gasteiger partial charge in [-0.05, 0) is 50.3 Å². The number of anilines is 2. The molecule has 0 unspecified atom stereocenters. The van der Waals surface area contributed by atoms with E-state index in [1.165, 1.54) is 4.68 Å². The van der Waals surface area contributed by atoms with E-state index in [-0.39, 0.29) is 18.8 Å². The van der Waals surface area contributed by atoms with E-state index in [1.54, 1.807) is 27.0 Å². The Morgan fingerprint density at radius 2 is 1.89 bits per heavy atom. The van der Waals surface area contributed by atoms with Crippen LogP contribution in [0.3, 0.4) is 0 Å². The summed E-state index contributed by atoms with van der Waals surface area (Å²) in [4.78, 5) is 33.5. The van der Waals surface area contributed by atoms with Gasteiger partial charge in [0.15, 0.2) is 5.69 Å². The summed E-state index contributed by atoms with van der Waals surface area (Å²) in [5.74, 6) is -0.678. The molecule has 0 fully saturated rings. The normalized spacial score (nSPS) is 14.0. The van der Waals surface area contributed by atoms with Crippen molar-refractivity contribution in [2.24, 2.45) is 0 Å². The van der Waals surface area contributed by atoms with Crippen molar-refractivity contribution in [2.45, 2.75) is 58.6 Å². The summed E-state index contributed by atoms with van der Waals surface area (Å²) in [7, 11) is 0. The summed E-state index contributed by atoms with van der Waals surface area (Å²) in [6, 6.07) is 9.56. The second kappa shape index (κ2) is 9.01. The molecule has 35 heavy (non-hydrogen) atoms. The number of nitrogens with zero attached hydrogens (tertiary/aromatic N) is 4. The Kier molecular flexibility index (Phi) is 6.23. The number of benzene rings is 1.